The normalized spacial score (nSPS) is 14.5. The van der Waals surface area contributed by atoms with Crippen LogP contribution in [0.4, 0.5) is 5.82 Å². The Morgan fingerprint density at radius 1 is 1.09 bits per heavy atom. The van der Waals surface area contributed by atoms with Gasteiger partial charge in [-0.05, 0) is 30.3 Å². The molecule has 0 fully saturated rings. The lowest BCUT2D eigenvalue weighted by Gasteiger charge is -1.97. The standard InChI is InChI=1S/C16H11N5O/c22-16-13(20-14(21-16)10-3-6-17-7-4-10)8-11-9-19-15-12(11)2-1-5-18-15/h1-9,22H,(H,20,21). The third-order valence-electron chi connectivity index (χ3n) is 3.39. The monoisotopic (exact) mass is 289 g/mol. The summed E-state index contributed by atoms with van der Waals surface area (Å²) in [4.78, 5) is 19.7. The molecular weight excluding hydrogens is 278 g/mol. The molecule has 0 unspecified atom stereocenters. The maximum absolute atomic E-state index is 10.0. The van der Waals surface area contributed by atoms with Crippen LogP contribution in [0.15, 0.2) is 47.8 Å². The summed E-state index contributed by atoms with van der Waals surface area (Å²) in [6.45, 7) is 0. The van der Waals surface area contributed by atoms with Crippen LogP contribution in [0.2, 0.25) is 0 Å². The van der Waals surface area contributed by atoms with Crippen molar-refractivity contribution in [2.45, 2.75) is 0 Å². The average Bonchev–Trinajstić information content (AvgIpc) is 3.13. The van der Waals surface area contributed by atoms with Gasteiger partial charge in [0.25, 0.3) is 0 Å². The van der Waals surface area contributed by atoms with Gasteiger partial charge < -0.3 is 10.1 Å². The number of aliphatic imine (C=N–C) groups is 1. The van der Waals surface area contributed by atoms with E-state index in [1.54, 1.807) is 24.8 Å². The van der Waals surface area contributed by atoms with E-state index < -0.39 is 0 Å². The van der Waals surface area contributed by atoms with Crippen molar-refractivity contribution < 1.29 is 5.11 Å². The highest BCUT2D eigenvalue weighted by molar-refractivity contribution is 6.20. The lowest BCUT2D eigenvalue weighted by atomic mass is 10.1. The molecule has 0 aliphatic carbocycles. The molecule has 0 bridgehead atoms. The summed E-state index contributed by atoms with van der Waals surface area (Å²) in [6, 6.07) is 7.45. The number of pyridine rings is 2. The van der Waals surface area contributed by atoms with Gasteiger partial charge in [-0.3, -0.25) is 4.98 Å². The molecule has 0 aromatic carbocycles. The summed E-state index contributed by atoms with van der Waals surface area (Å²) in [5, 5.41) is 10.0. The van der Waals surface area contributed by atoms with E-state index in [1.165, 1.54) is 0 Å². The van der Waals surface area contributed by atoms with Gasteiger partial charge in [0.15, 0.2) is 5.82 Å². The van der Waals surface area contributed by atoms with E-state index in [0.717, 1.165) is 16.7 Å². The van der Waals surface area contributed by atoms with Crippen molar-refractivity contribution in [1.29, 1.82) is 0 Å². The molecule has 0 spiro atoms. The van der Waals surface area contributed by atoms with Crippen LogP contribution in [0.3, 0.4) is 0 Å². The van der Waals surface area contributed by atoms with Gasteiger partial charge in [-0.25, -0.2) is 9.98 Å². The third kappa shape index (κ3) is 2.07. The Morgan fingerprint density at radius 3 is 2.82 bits per heavy atom. The van der Waals surface area contributed by atoms with Crippen LogP contribution in [0.1, 0.15) is 11.3 Å². The lowest BCUT2D eigenvalue weighted by molar-refractivity contribution is 0.455. The molecule has 3 aromatic rings. The number of hydrogen-bond acceptors (Lipinski definition) is 5. The number of aromatic amines is 1. The minimum absolute atomic E-state index is 0.0509. The quantitative estimate of drug-likeness (QED) is 0.759. The first kappa shape index (κ1) is 12.5. The summed E-state index contributed by atoms with van der Waals surface area (Å²) in [5.74, 6) is 1.22. The number of nitrogens with zero attached hydrogens (tertiary/aromatic N) is 4. The zero-order chi connectivity index (χ0) is 14.9. The van der Waals surface area contributed by atoms with E-state index in [1.807, 2.05) is 30.3 Å². The Labute approximate surface area is 126 Å². The zero-order valence-corrected chi connectivity index (χ0v) is 11.4. The van der Waals surface area contributed by atoms with Gasteiger partial charge in [-0.2, -0.15) is 4.98 Å². The van der Waals surface area contributed by atoms with Crippen LogP contribution < -0.4 is 0 Å². The van der Waals surface area contributed by atoms with E-state index in [2.05, 4.69) is 24.9 Å². The molecule has 6 heteroatoms. The van der Waals surface area contributed by atoms with E-state index in [9.17, 15) is 5.11 Å². The van der Waals surface area contributed by atoms with Crippen molar-refractivity contribution in [2.24, 2.45) is 4.99 Å². The molecule has 4 heterocycles. The minimum atomic E-state index is -0.0509. The predicted octanol–water partition coefficient (Wildman–Crippen LogP) is 2.83. The van der Waals surface area contributed by atoms with Crippen LogP contribution >= 0.6 is 0 Å². The number of aromatic hydroxyl groups is 1. The highest BCUT2D eigenvalue weighted by Crippen LogP contribution is 2.32. The van der Waals surface area contributed by atoms with Gasteiger partial charge in [0.05, 0.1) is 0 Å². The average molecular weight is 289 g/mol. The number of fused-ring (bicyclic) bond motifs is 1. The van der Waals surface area contributed by atoms with Gasteiger partial charge in [0.1, 0.15) is 11.5 Å². The Hall–Kier alpha value is -3.28. The van der Waals surface area contributed by atoms with Crippen molar-refractivity contribution in [3.63, 3.8) is 0 Å². The maximum Gasteiger partial charge on any atom is 0.237 e. The van der Waals surface area contributed by atoms with Crippen LogP contribution in [0.25, 0.3) is 23.0 Å². The number of H-pyrrole nitrogens is 1. The van der Waals surface area contributed by atoms with Gasteiger partial charge >= 0.3 is 0 Å². The number of nitrogens with one attached hydrogen (secondary N) is 1. The number of hydrogen-bond donors (Lipinski definition) is 2. The lowest BCUT2D eigenvalue weighted by Crippen LogP contribution is -1.83. The molecule has 2 N–H and O–H groups in total. The van der Waals surface area contributed by atoms with Crippen LogP contribution in [0, 0.1) is 0 Å². The number of rotatable bonds is 2. The summed E-state index contributed by atoms with van der Waals surface area (Å²) in [5.41, 5.74) is 3.20. The number of aromatic nitrogens is 4. The molecule has 0 radical (unpaired) electrons. The van der Waals surface area contributed by atoms with Gasteiger partial charge in [0, 0.05) is 41.5 Å². The van der Waals surface area contributed by atoms with Crippen molar-refractivity contribution in [3.8, 4) is 17.3 Å². The number of allylic oxidation sites excluding steroid dienone is 1. The fourth-order valence-electron chi connectivity index (χ4n) is 2.32. The SMILES string of the molecule is Oc1nc(-c2ccncc2)[nH]c1C=C1C=Nc2ncccc21. The van der Waals surface area contributed by atoms with E-state index in [0.29, 0.717) is 17.3 Å². The first-order chi connectivity index (χ1) is 10.8. The molecule has 3 aromatic heterocycles. The largest absolute Gasteiger partial charge is 0.492 e. The van der Waals surface area contributed by atoms with Crippen molar-refractivity contribution >= 4 is 23.7 Å². The van der Waals surface area contributed by atoms with Crippen molar-refractivity contribution in [1.82, 2.24) is 19.9 Å². The third-order valence-corrected chi connectivity index (χ3v) is 3.39. The van der Waals surface area contributed by atoms with E-state index in [4.69, 9.17) is 0 Å². The predicted molar refractivity (Wildman–Crippen MR) is 83.7 cm³/mol. The van der Waals surface area contributed by atoms with Gasteiger partial charge in [0.2, 0.25) is 5.88 Å². The zero-order valence-electron chi connectivity index (χ0n) is 11.4. The second kappa shape index (κ2) is 4.92. The molecule has 0 amide bonds. The molecule has 0 saturated carbocycles. The van der Waals surface area contributed by atoms with Gasteiger partial charge in [-0.1, -0.05) is 0 Å². The Kier molecular flexibility index (Phi) is 2.79. The first-order valence-corrected chi connectivity index (χ1v) is 6.72. The van der Waals surface area contributed by atoms with Crippen LogP contribution in [-0.4, -0.2) is 31.3 Å². The fourth-order valence-corrected chi connectivity index (χ4v) is 2.32. The Balaban J connectivity index is 1.75. The van der Waals surface area contributed by atoms with E-state index in [-0.39, 0.29) is 5.88 Å². The minimum Gasteiger partial charge on any atom is -0.492 e. The van der Waals surface area contributed by atoms with Crippen LogP contribution in [-0.2, 0) is 0 Å². The highest BCUT2D eigenvalue weighted by Gasteiger charge is 2.15. The van der Waals surface area contributed by atoms with Crippen molar-refractivity contribution in [2.75, 3.05) is 0 Å². The Morgan fingerprint density at radius 2 is 1.95 bits per heavy atom. The second-order valence-corrected chi connectivity index (χ2v) is 4.79. The molecule has 0 atom stereocenters. The summed E-state index contributed by atoms with van der Waals surface area (Å²) >= 11 is 0. The maximum atomic E-state index is 10.0. The molecular formula is C16H11N5O. The molecule has 22 heavy (non-hydrogen) atoms. The summed E-state index contributed by atoms with van der Waals surface area (Å²) < 4.78 is 0. The first-order valence-electron chi connectivity index (χ1n) is 6.72. The Bertz CT molecular complexity index is 896. The van der Waals surface area contributed by atoms with E-state index >= 15 is 0 Å². The fraction of sp³-hybridized carbons (Fsp3) is 0. The summed E-state index contributed by atoms with van der Waals surface area (Å²) in [7, 11) is 0. The molecule has 6 nitrogen and oxygen atoms in total. The highest BCUT2D eigenvalue weighted by atomic mass is 16.3. The van der Waals surface area contributed by atoms with Crippen LogP contribution in [0.5, 0.6) is 5.88 Å². The molecule has 1 aliphatic rings. The van der Waals surface area contributed by atoms with Crippen molar-refractivity contribution in [3.05, 3.63) is 54.1 Å². The smallest absolute Gasteiger partial charge is 0.237 e. The summed E-state index contributed by atoms with van der Waals surface area (Å²) in [6.07, 6.45) is 8.60. The topological polar surface area (TPSA) is 87.0 Å². The molecule has 1 aliphatic heterocycles. The number of imidazole rings is 1. The molecule has 4 rings (SSSR count). The molecule has 106 valence electrons. The second-order valence-electron chi connectivity index (χ2n) is 4.79. The molecule has 0 saturated heterocycles. The van der Waals surface area contributed by atoms with Gasteiger partial charge in [-0.15, -0.1) is 0 Å².